The molecule has 1 aromatic carbocycles. The summed E-state index contributed by atoms with van der Waals surface area (Å²) in [5.41, 5.74) is 10.4. The predicted octanol–water partition coefficient (Wildman–Crippen LogP) is 3.56. The van der Waals surface area contributed by atoms with E-state index < -0.39 is 0 Å². The normalized spacial score (nSPS) is 12.4. The standard InChI is InChI=1S/C13H17N/c1-4-5-7-10(2)13-11(3)8-6-9-12(13)14/h4-9H,14H2,1-3H3/b5-4+,10-7-. The molecular formula is C13H17N. The van der Waals surface area contributed by atoms with Crippen molar-refractivity contribution in [2.75, 3.05) is 5.73 Å². The van der Waals surface area contributed by atoms with Crippen molar-refractivity contribution in [3.8, 4) is 0 Å². The lowest BCUT2D eigenvalue weighted by molar-refractivity contribution is 1.41. The van der Waals surface area contributed by atoms with E-state index in [4.69, 9.17) is 5.73 Å². The third-order valence-electron chi connectivity index (χ3n) is 2.24. The van der Waals surface area contributed by atoms with Crippen molar-refractivity contribution in [1.29, 1.82) is 0 Å². The quantitative estimate of drug-likeness (QED) is 0.556. The number of nitrogen functional groups attached to an aromatic ring is 1. The molecule has 0 heterocycles. The highest BCUT2D eigenvalue weighted by molar-refractivity contribution is 5.76. The summed E-state index contributed by atoms with van der Waals surface area (Å²) in [6.07, 6.45) is 6.12. The Hall–Kier alpha value is -1.50. The molecule has 0 saturated heterocycles. The number of rotatable bonds is 2. The highest BCUT2D eigenvalue weighted by atomic mass is 14.6. The second-order valence-corrected chi connectivity index (χ2v) is 3.41. The minimum atomic E-state index is 0.850. The number of allylic oxidation sites excluding steroid dienone is 4. The number of nitrogens with two attached hydrogens (primary N) is 1. The van der Waals surface area contributed by atoms with Crippen molar-refractivity contribution < 1.29 is 0 Å². The van der Waals surface area contributed by atoms with Crippen molar-refractivity contribution in [1.82, 2.24) is 0 Å². The Morgan fingerprint density at radius 2 is 2.07 bits per heavy atom. The summed E-state index contributed by atoms with van der Waals surface area (Å²) in [6.45, 7) is 6.17. The highest BCUT2D eigenvalue weighted by Crippen LogP contribution is 2.24. The van der Waals surface area contributed by atoms with Crippen LogP contribution in [0.25, 0.3) is 5.57 Å². The predicted molar refractivity (Wildman–Crippen MR) is 64.1 cm³/mol. The van der Waals surface area contributed by atoms with Gasteiger partial charge >= 0.3 is 0 Å². The highest BCUT2D eigenvalue weighted by Gasteiger charge is 2.03. The number of benzene rings is 1. The topological polar surface area (TPSA) is 26.0 Å². The largest absolute Gasteiger partial charge is 0.398 e. The SMILES string of the molecule is C/C=C/C=C(/C)c1c(C)cccc1N. The molecule has 0 fully saturated rings. The molecule has 0 amide bonds. The molecule has 0 atom stereocenters. The zero-order valence-corrected chi connectivity index (χ0v) is 9.04. The fourth-order valence-electron chi connectivity index (χ4n) is 1.55. The summed E-state index contributed by atoms with van der Waals surface area (Å²) in [7, 11) is 0. The average molecular weight is 187 g/mol. The Morgan fingerprint density at radius 3 is 2.64 bits per heavy atom. The molecule has 2 N–H and O–H groups in total. The van der Waals surface area contributed by atoms with Crippen LogP contribution in [0, 0.1) is 6.92 Å². The smallest absolute Gasteiger partial charge is 0.0393 e. The van der Waals surface area contributed by atoms with Crippen molar-refractivity contribution in [3.05, 3.63) is 47.6 Å². The molecule has 14 heavy (non-hydrogen) atoms. The summed E-state index contributed by atoms with van der Waals surface area (Å²) in [4.78, 5) is 0. The molecule has 0 bridgehead atoms. The first-order valence-corrected chi connectivity index (χ1v) is 4.82. The molecule has 1 rings (SSSR count). The van der Waals surface area contributed by atoms with Gasteiger partial charge in [0.25, 0.3) is 0 Å². The molecule has 0 aliphatic heterocycles. The summed E-state index contributed by atoms with van der Waals surface area (Å²) >= 11 is 0. The summed E-state index contributed by atoms with van der Waals surface area (Å²) in [5.74, 6) is 0. The van der Waals surface area contributed by atoms with Gasteiger partial charge in [0, 0.05) is 11.3 Å². The average Bonchev–Trinajstić information content (AvgIpc) is 2.14. The van der Waals surface area contributed by atoms with Crippen molar-refractivity contribution in [3.63, 3.8) is 0 Å². The van der Waals surface area contributed by atoms with Gasteiger partial charge in [0.05, 0.1) is 0 Å². The molecule has 1 nitrogen and oxygen atoms in total. The molecule has 0 radical (unpaired) electrons. The van der Waals surface area contributed by atoms with Crippen LogP contribution in [0.3, 0.4) is 0 Å². The lowest BCUT2D eigenvalue weighted by Crippen LogP contribution is -1.94. The first-order valence-electron chi connectivity index (χ1n) is 4.82. The molecule has 1 heteroatoms. The van der Waals surface area contributed by atoms with E-state index >= 15 is 0 Å². The van der Waals surface area contributed by atoms with E-state index in [-0.39, 0.29) is 0 Å². The molecule has 0 saturated carbocycles. The Balaban J connectivity index is 3.18. The van der Waals surface area contributed by atoms with Crippen LogP contribution in [-0.2, 0) is 0 Å². The lowest BCUT2D eigenvalue weighted by atomic mass is 9.99. The van der Waals surface area contributed by atoms with Gasteiger partial charge in [-0.15, -0.1) is 0 Å². The number of anilines is 1. The fraction of sp³-hybridized carbons (Fsp3) is 0.231. The molecule has 0 aromatic heterocycles. The van der Waals surface area contributed by atoms with Gasteiger partial charge in [0.15, 0.2) is 0 Å². The van der Waals surface area contributed by atoms with Gasteiger partial charge in [0.2, 0.25) is 0 Å². The second-order valence-electron chi connectivity index (χ2n) is 3.41. The number of aryl methyl sites for hydroxylation is 1. The van der Waals surface area contributed by atoms with Crippen LogP contribution in [0.4, 0.5) is 5.69 Å². The fourth-order valence-corrected chi connectivity index (χ4v) is 1.55. The maximum absolute atomic E-state index is 5.93. The third-order valence-corrected chi connectivity index (χ3v) is 2.24. The third kappa shape index (κ3) is 2.25. The molecule has 1 aromatic rings. The molecule has 0 spiro atoms. The van der Waals surface area contributed by atoms with Gasteiger partial charge in [-0.3, -0.25) is 0 Å². The zero-order valence-electron chi connectivity index (χ0n) is 9.04. The van der Waals surface area contributed by atoms with Gasteiger partial charge < -0.3 is 5.73 Å². The molecular weight excluding hydrogens is 170 g/mol. The van der Waals surface area contributed by atoms with E-state index in [0.717, 1.165) is 11.3 Å². The van der Waals surface area contributed by atoms with E-state index in [1.165, 1.54) is 11.1 Å². The Kier molecular flexibility index (Phi) is 3.52. The molecule has 0 aliphatic carbocycles. The minimum Gasteiger partial charge on any atom is -0.398 e. The zero-order chi connectivity index (χ0) is 10.6. The van der Waals surface area contributed by atoms with E-state index in [0.29, 0.717) is 0 Å². The van der Waals surface area contributed by atoms with Crippen LogP contribution in [-0.4, -0.2) is 0 Å². The van der Waals surface area contributed by atoms with Crippen LogP contribution < -0.4 is 5.73 Å². The van der Waals surface area contributed by atoms with Crippen LogP contribution >= 0.6 is 0 Å². The van der Waals surface area contributed by atoms with E-state index in [1.54, 1.807) is 0 Å². The van der Waals surface area contributed by atoms with Crippen molar-refractivity contribution in [2.24, 2.45) is 0 Å². The first-order chi connectivity index (χ1) is 6.66. The van der Waals surface area contributed by atoms with Crippen LogP contribution in [0.1, 0.15) is 25.0 Å². The maximum Gasteiger partial charge on any atom is 0.0393 e. The summed E-state index contributed by atoms with van der Waals surface area (Å²) in [6, 6.07) is 6.01. The minimum absolute atomic E-state index is 0.850. The lowest BCUT2D eigenvalue weighted by Gasteiger charge is -2.08. The monoisotopic (exact) mass is 187 g/mol. The second kappa shape index (κ2) is 4.66. The number of hydrogen-bond acceptors (Lipinski definition) is 1. The van der Waals surface area contributed by atoms with Gasteiger partial charge in [-0.05, 0) is 38.0 Å². The van der Waals surface area contributed by atoms with Gasteiger partial charge in [-0.1, -0.05) is 30.4 Å². The van der Waals surface area contributed by atoms with Crippen molar-refractivity contribution in [2.45, 2.75) is 20.8 Å². The van der Waals surface area contributed by atoms with Gasteiger partial charge in [-0.2, -0.15) is 0 Å². The maximum atomic E-state index is 5.93. The number of hydrogen-bond donors (Lipinski definition) is 1. The summed E-state index contributed by atoms with van der Waals surface area (Å²) < 4.78 is 0. The summed E-state index contributed by atoms with van der Waals surface area (Å²) in [5, 5.41) is 0. The van der Waals surface area contributed by atoms with E-state index in [2.05, 4.69) is 26.0 Å². The van der Waals surface area contributed by atoms with E-state index in [9.17, 15) is 0 Å². The van der Waals surface area contributed by atoms with E-state index in [1.807, 2.05) is 31.2 Å². The Labute approximate surface area is 85.9 Å². The molecule has 0 unspecified atom stereocenters. The van der Waals surface area contributed by atoms with Crippen molar-refractivity contribution >= 4 is 11.3 Å². The Morgan fingerprint density at radius 1 is 1.36 bits per heavy atom. The first kappa shape index (κ1) is 10.6. The Bertz CT molecular complexity index is 353. The molecule has 74 valence electrons. The van der Waals surface area contributed by atoms with Crippen LogP contribution in [0.5, 0.6) is 0 Å². The van der Waals surface area contributed by atoms with Crippen LogP contribution in [0.15, 0.2) is 36.4 Å². The van der Waals surface area contributed by atoms with Crippen LogP contribution in [0.2, 0.25) is 0 Å². The van der Waals surface area contributed by atoms with Gasteiger partial charge in [0.1, 0.15) is 0 Å². The molecule has 0 aliphatic rings. The van der Waals surface area contributed by atoms with Gasteiger partial charge in [-0.25, -0.2) is 0 Å².